The van der Waals surface area contributed by atoms with E-state index in [1.54, 1.807) is 0 Å². The summed E-state index contributed by atoms with van der Waals surface area (Å²) in [5.74, 6) is 1.01. The van der Waals surface area contributed by atoms with Crippen LogP contribution in [-0.2, 0) is 4.79 Å². The highest BCUT2D eigenvalue weighted by molar-refractivity contribution is 6.30. The van der Waals surface area contributed by atoms with Gasteiger partial charge in [-0.25, -0.2) is 0 Å². The molecule has 102 valence electrons. The first-order valence-corrected chi connectivity index (χ1v) is 6.95. The van der Waals surface area contributed by atoms with E-state index in [0.717, 1.165) is 16.9 Å². The average molecular weight is 279 g/mol. The van der Waals surface area contributed by atoms with Gasteiger partial charge in [-0.2, -0.15) is 0 Å². The number of rotatable bonds is 3. The second-order valence-electron chi connectivity index (χ2n) is 5.66. The van der Waals surface area contributed by atoms with Crippen molar-refractivity contribution in [3.8, 4) is 5.75 Å². The van der Waals surface area contributed by atoms with Crippen molar-refractivity contribution in [1.29, 1.82) is 0 Å². The SMILES string of the molecule is CCC(=O)CC1=CC(C)(C)COc2cc(Cl)ccc21. The molecule has 0 N–H and O–H groups in total. The predicted molar refractivity (Wildman–Crippen MR) is 78.6 cm³/mol. The van der Waals surface area contributed by atoms with Gasteiger partial charge in [-0.05, 0) is 23.8 Å². The van der Waals surface area contributed by atoms with Crippen LogP contribution in [0, 0.1) is 5.41 Å². The quantitative estimate of drug-likeness (QED) is 0.813. The van der Waals surface area contributed by atoms with Gasteiger partial charge < -0.3 is 4.74 Å². The molecule has 0 spiro atoms. The third-order valence-electron chi connectivity index (χ3n) is 3.24. The Hall–Kier alpha value is -1.28. The molecule has 0 amide bonds. The lowest BCUT2D eigenvalue weighted by Crippen LogP contribution is -2.17. The largest absolute Gasteiger partial charge is 0.492 e. The van der Waals surface area contributed by atoms with Crippen LogP contribution in [0.2, 0.25) is 5.02 Å². The van der Waals surface area contributed by atoms with Gasteiger partial charge in [-0.1, -0.05) is 38.4 Å². The lowest BCUT2D eigenvalue weighted by molar-refractivity contribution is -0.117. The van der Waals surface area contributed by atoms with E-state index in [2.05, 4.69) is 19.9 Å². The molecule has 1 aromatic carbocycles. The molecule has 3 heteroatoms. The molecule has 0 saturated carbocycles. The molecule has 1 heterocycles. The maximum atomic E-state index is 11.8. The third kappa shape index (κ3) is 3.38. The molecule has 2 rings (SSSR count). The minimum atomic E-state index is -0.0884. The van der Waals surface area contributed by atoms with E-state index in [1.165, 1.54) is 0 Å². The van der Waals surface area contributed by atoms with Crippen molar-refractivity contribution in [2.75, 3.05) is 6.61 Å². The molecule has 0 unspecified atom stereocenters. The first-order chi connectivity index (χ1) is 8.91. The fourth-order valence-corrected chi connectivity index (χ4v) is 2.38. The monoisotopic (exact) mass is 278 g/mol. The number of carbonyl (C=O) groups is 1. The number of halogens is 1. The molecule has 19 heavy (non-hydrogen) atoms. The highest BCUT2D eigenvalue weighted by Gasteiger charge is 2.24. The zero-order valence-corrected chi connectivity index (χ0v) is 12.4. The molecule has 1 aromatic rings. The van der Waals surface area contributed by atoms with Gasteiger partial charge in [0.15, 0.2) is 0 Å². The Morgan fingerprint density at radius 3 is 2.84 bits per heavy atom. The molecular formula is C16H19ClO2. The van der Waals surface area contributed by atoms with Crippen LogP contribution in [-0.4, -0.2) is 12.4 Å². The van der Waals surface area contributed by atoms with Crippen molar-refractivity contribution in [3.05, 3.63) is 34.9 Å². The number of benzene rings is 1. The zero-order chi connectivity index (χ0) is 14.0. The molecule has 0 bridgehead atoms. The summed E-state index contributed by atoms with van der Waals surface area (Å²) in [6, 6.07) is 5.60. The summed E-state index contributed by atoms with van der Waals surface area (Å²) in [4.78, 5) is 11.8. The Morgan fingerprint density at radius 1 is 1.42 bits per heavy atom. The van der Waals surface area contributed by atoms with E-state index in [9.17, 15) is 4.79 Å². The summed E-state index contributed by atoms with van der Waals surface area (Å²) in [5, 5.41) is 0.652. The number of hydrogen-bond donors (Lipinski definition) is 0. The predicted octanol–water partition coefficient (Wildman–Crippen LogP) is 4.51. The molecular weight excluding hydrogens is 260 g/mol. The zero-order valence-electron chi connectivity index (χ0n) is 11.6. The average Bonchev–Trinajstić information content (AvgIpc) is 2.46. The van der Waals surface area contributed by atoms with Crippen LogP contribution in [0.15, 0.2) is 24.3 Å². The Balaban J connectivity index is 2.46. The number of ether oxygens (including phenoxy) is 1. The van der Waals surface area contributed by atoms with E-state index >= 15 is 0 Å². The first-order valence-electron chi connectivity index (χ1n) is 6.57. The maximum absolute atomic E-state index is 11.8. The van der Waals surface area contributed by atoms with Gasteiger partial charge in [0.1, 0.15) is 11.5 Å². The van der Waals surface area contributed by atoms with E-state index in [-0.39, 0.29) is 11.2 Å². The van der Waals surface area contributed by atoms with Crippen LogP contribution in [0.4, 0.5) is 0 Å². The number of ketones is 1. The molecule has 1 aliphatic heterocycles. The van der Waals surface area contributed by atoms with Crippen molar-refractivity contribution < 1.29 is 9.53 Å². The van der Waals surface area contributed by atoms with Crippen molar-refractivity contribution in [3.63, 3.8) is 0 Å². The fourth-order valence-electron chi connectivity index (χ4n) is 2.22. The minimum Gasteiger partial charge on any atom is -0.492 e. The maximum Gasteiger partial charge on any atom is 0.137 e. The third-order valence-corrected chi connectivity index (χ3v) is 3.47. The highest BCUT2D eigenvalue weighted by Crippen LogP contribution is 2.38. The molecule has 0 atom stereocenters. The Morgan fingerprint density at radius 2 is 2.16 bits per heavy atom. The second kappa shape index (κ2) is 5.38. The summed E-state index contributed by atoms with van der Waals surface area (Å²) in [6.45, 7) is 6.70. The Kier molecular flexibility index (Phi) is 4.00. The number of Topliss-reactive ketones (excluding diaryl/α,β-unsaturated/α-hetero) is 1. The van der Waals surface area contributed by atoms with Gasteiger partial charge >= 0.3 is 0 Å². The smallest absolute Gasteiger partial charge is 0.137 e. The number of carbonyl (C=O) groups excluding carboxylic acids is 1. The number of hydrogen-bond acceptors (Lipinski definition) is 2. The van der Waals surface area contributed by atoms with Gasteiger partial charge in [0.05, 0.1) is 6.61 Å². The van der Waals surface area contributed by atoms with Crippen LogP contribution < -0.4 is 4.74 Å². The Bertz CT molecular complexity index is 530. The normalized spacial score (nSPS) is 16.9. The van der Waals surface area contributed by atoms with E-state index in [1.807, 2.05) is 25.1 Å². The summed E-state index contributed by atoms with van der Waals surface area (Å²) >= 11 is 6.02. The van der Waals surface area contributed by atoms with Crippen molar-refractivity contribution in [2.45, 2.75) is 33.6 Å². The lowest BCUT2D eigenvalue weighted by Gasteiger charge is -2.18. The van der Waals surface area contributed by atoms with E-state index in [4.69, 9.17) is 16.3 Å². The summed E-state index contributed by atoms with van der Waals surface area (Å²) in [6.07, 6.45) is 3.17. The number of allylic oxidation sites excluding steroid dienone is 1. The van der Waals surface area contributed by atoms with Crippen LogP contribution in [0.1, 0.15) is 39.2 Å². The Labute approximate surface area is 119 Å². The second-order valence-corrected chi connectivity index (χ2v) is 6.09. The van der Waals surface area contributed by atoms with Gasteiger partial charge in [0.2, 0.25) is 0 Å². The minimum absolute atomic E-state index is 0.0884. The van der Waals surface area contributed by atoms with Crippen LogP contribution in [0.3, 0.4) is 0 Å². The van der Waals surface area contributed by atoms with Gasteiger partial charge in [-0.3, -0.25) is 4.79 Å². The van der Waals surface area contributed by atoms with Crippen molar-refractivity contribution >= 4 is 23.0 Å². The highest BCUT2D eigenvalue weighted by atomic mass is 35.5. The summed E-state index contributed by atoms with van der Waals surface area (Å²) in [7, 11) is 0. The van der Waals surface area contributed by atoms with Crippen LogP contribution >= 0.6 is 11.6 Å². The molecule has 0 radical (unpaired) electrons. The number of fused-ring (bicyclic) bond motifs is 1. The summed E-state index contributed by atoms with van der Waals surface area (Å²) in [5.41, 5.74) is 1.94. The molecule has 0 fully saturated rings. The molecule has 1 aliphatic rings. The van der Waals surface area contributed by atoms with E-state index in [0.29, 0.717) is 24.5 Å². The van der Waals surface area contributed by atoms with E-state index < -0.39 is 0 Å². The van der Waals surface area contributed by atoms with Crippen molar-refractivity contribution in [1.82, 2.24) is 0 Å². The van der Waals surface area contributed by atoms with Gasteiger partial charge in [0.25, 0.3) is 0 Å². The lowest BCUT2D eigenvalue weighted by atomic mass is 9.88. The standard InChI is InChI=1S/C16H19ClO2/c1-4-13(18)7-11-9-16(2,3)10-19-15-8-12(17)5-6-14(11)15/h5-6,8-9H,4,7,10H2,1-3H3. The van der Waals surface area contributed by atoms with Crippen LogP contribution in [0.25, 0.3) is 5.57 Å². The summed E-state index contributed by atoms with van der Waals surface area (Å²) < 4.78 is 5.84. The molecule has 0 aromatic heterocycles. The first kappa shape index (κ1) is 14.1. The topological polar surface area (TPSA) is 26.3 Å². The fraction of sp³-hybridized carbons (Fsp3) is 0.438. The van der Waals surface area contributed by atoms with Gasteiger partial charge in [-0.15, -0.1) is 0 Å². The molecule has 2 nitrogen and oxygen atoms in total. The van der Waals surface area contributed by atoms with Gasteiger partial charge in [0, 0.05) is 28.8 Å². The van der Waals surface area contributed by atoms with Crippen molar-refractivity contribution in [2.24, 2.45) is 5.41 Å². The van der Waals surface area contributed by atoms with Crippen LogP contribution in [0.5, 0.6) is 5.75 Å². The molecule has 0 saturated heterocycles. The molecule has 0 aliphatic carbocycles.